The molecule has 1 aromatic heterocycles. The molecule has 0 saturated carbocycles. The zero-order valence-electron chi connectivity index (χ0n) is 10.9. The van der Waals surface area contributed by atoms with Gasteiger partial charge < -0.3 is 10.4 Å². The van der Waals surface area contributed by atoms with Crippen molar-refractivity contribution in [3.8, 4) is 0 Å². The molecule has 0 radical (unpaired) electrons. The molecule has 9 heteroatoms. The van der Waals surface area contributed by atoms with Crippen LogP contribution in [0, 0.1) is 10.1 Å². The third-order valence-corrected chi connectivity index (χ3v) is 2.43. The minimum atomic E-state index is -1.23. The van der Waals surface area contributed by atoms with Gasteiger partial charge in [0.15, 0.2) is 0 Å². The zero-order chi connectivity index (χ0) is 15.3. The Bertz CT molecular complexity index is 563. The lowest BCUT2D eigenvalue weighted by Crippen LogP contribution is -2.40. The number of hydrogen-bond donors (Lipinski definition) is 2. The second-order valence-corrected chi connectivity index (χ2v) is 3.96. The summed E-state index contributed by atoms with van der Waals surface area (Å²) in [6.45, 7) is 1.71. The van der Waals surface area contributed by atoms with Gasteiger partial charge in [-0.3, -0.25) is 19.6 Å². The maximum Gasteiger partial charge on any atom is 0.326 e. The van der Waals surface area contributed by atoms with E-state index < -0.39 is 34.2 Å². The maximum absolute atomic E-state index is 11.9. The van der Waals surface area contributed by atoms with Crippen LogP contribution in [0.25, 0.3) is 0 Å². The van der Waals surface area contributed by atoms with E-state index in [1.54, 1.807) is 19.1 Å². The van der Waals surface area contributed by atoms with Crippen molar-refractivity contribution in [3.63, 3.8) is 0 Å². The Morgan fingerprint density at radius 3 is 2.80 bits per heavy atom. The molecule has 9 nitrogen and oxygen atoms in total. The highest BCUT2D eigenvalue weighted by Crippen LogP contribution is 2.16. The van der Waals surface area contributed by atoms with Gasteiger partial charge in [-0.2, -0.15) is 5.10 Å². The van der Waals surface area contributed by atoms with Gasteiger partial charge in [-0.15, -0.1) is 0 Å². The molecular weight excluding hydrogens is 268 g/mol. The van der Waals surface area contributed by atoms with Crippen molar-refractivity contribution in [2.75, 3.05) is 0 Å². The van der Waals surface area contributed by atoms with Crippen LogP contribution in [0.2, 0.25) is 0 Å². The van der Waals surface area contributed by atoms with Gasteiger partial charge in [0.25, 0.3) is 5.91 Å². The van der Waals surface area contributed by atoms with Crippen molar-refractivity contribution in [1.29, 1.82) is 0 Å². The van der Waals surface area contributed by atoms with E-state index in [4.69, 9.17) is 5.11 Å². The SMILES string of the molecule is C/C=C/CC(NC(=O)c1nn(C)cc1[N+](=O)[O-])C(=O)O. The summed E-state index contributed by atoms with van der Waals surface area (Å²) in [5.74, 6) is -2.12. The standard InChI is InChI=1S/C11H14N4O5/c1-3-4-5-7(11(17)18)12-10(16)9-8(15(19)20)6-14(2)13-9/h3-4,6-7H,5H2,1-2H3,(H,12,16)(H,17,18)/b4-3+. The number of amides is 1. The van der Waals surface area contributed by atoms with E-state index in [2.05, 4.69) is 10.4 Å². The van der Waals surface area contributed by atoms with E-state index in [0.29, 0.717) is 0 Å². The van der Waals surface area contributed by atoms with Crippen LogP contribution < -0.4 is 5.32 Å². The Morgan fingerprint density at radius 1 is 1.65 bits per heavy atom. The van der Waals surface area contributed by atoms with Gasteiger partial charge in [0, 0.05) is 7.05 Å². The van der Waals surface area contributed by atoms with Crippen LogP contribution in [-0.2, 0) is 11.8 Å². The predicted octanol–water partition coefficient (Wildman–Crippen LogP) is 0.477. The van der Waals surface area contributed by atoms with E-state index in [1.165, 1.54) is 7.05 Å². The Kier molecular flexibility index (Phi) is 4.95. The largest absolute Gasteiger partial charge is 0.480 e. The number of nitrogens with zero attached hydrogens (tertiary/aromatic N) is 3. The molecule has 1 aromatic rings. The van der Waals surface area contributed by atoms with Crippen LogP contribution >= 0.6 is 0 Å². The van der Waals surface area contributed by atoms with Crippen molar-refractivity contribution in [2.45, 2.75) is 19.4 Å². The highest BCUT2D eigenvalue weighted by Gasteiger charge is 2.28. The molecule has 20 heavy (non-hydrogen) atoms. The van der Waals surface area contributed by atoms with E-state index in [0.717, 1.165) is 10.9 Å². The number of carboxylic acid groups (broad SMARTS) is 1. The Hall–Kier alpha value is -2.71. The number of carbonyl (C=O) groups excluding carboxylic acids is 1. The van der Waals surface area contributed by atoms with Crippen molar-refractivity contribution < 1.29 is 19.6 Å². The van der Waals surface area contributed by atoms with Gasteiger partial charge in [0.05, 0.1) is 4.92 Å². The van der Waals surface area contributed by atoms with Gasteiger partial charge in [-0.25, -0.2) is 4.79 Å². The van der Waals surface area contributed by atoms with E-state index in [1.807, 2.05) is 0 Å². The summed E-state index contributed by atoms with van der Waals surface area (Å²) in [5, 5.41) is 25.6. The summed E-state index contributed by atoms with van der Waals surface area (Å²) in [5.41, 5.74) is -0.885. The first-order chi connectivity index (χ1) is 9.36. The summed E-state index contributed by atoms with van der Waals surface area (Å²) >= 11 is 0. The minimum Gasteiger partial charge on any atom is -0.480 e. The number of nitrogens with one attached hydrogen (secondary N) is 1. The van der Waals surface area contributed by atoms with Gasteiger partial charge >= 0.3 is 11.7 Å². The Morgan fingerprint density at radius 2 is 2.30 bits per heavy atom. The third kappa shape index (κ3) is 3.64. The average molecular weight is 282 g/mol. The molecule has 0 aliphatic rings. The summed E-state index contributed by atoms with van der Waals surface area (Å²) in [6, 6.07) is -1.17. The first-order valence-corrected chi connectivity index (χ1v) is 5.69. The molecule has 0 saturated heterocycles. The van der Waals surface area contributed by atoms with Crippen LogP contribution in [0.15, 0.2) is 18.3 Å². The fraction of sp³-hybridized carbons (Fsp3) is 0.364. The van der Waals surface area contributed by atoms with E-state index in [-0.39, 0.29) is 6.42 Å². The van der Waals surface area contributed by atoms with Crippen molar-refractivity contribution in [1.82, 2.24) is 15.1 Å². The van der Waals surface area contributed by atoms with Crippen LogP contribution in [0.1, 0.15) is 23.8 Å². The smallest absolute Gasteiger partial charge is 0.326 e. The molecule has 1 amide bonds. The molecule has 1 unspecified atom stereocenters. The molecule has 1 atom stereocenters. The maximum atomic E-state index is 11.9. The second kappa shape index (κ2) is 6.45. The molecule has 0 aliphatic heterocycles. The number of nitro groups is 1. The van der Waals surface area contributed by atoms with Crippen LogP contribution in [0.4, 0.5) is 5.69 Å². The molecule has 0 bridgehead atoms. The molecule has 0 aromatic carbocycles. The molecular formula is C11H14N4O5. The molecule has 1 heterocycles. The number of aliphatic carboxylic acids is 1. The lowest BCUT2D eigenvalue weighted by atomic mass is 10.2. The topological polar surface area (TPSA) is 127 Å². The predicted molar refractivity (Wildman–Crippen MR) is 68.2 cm³/mol. The van der Waals surface area contributed by atoms with Crippen molar-refractivity contribution >= 4 is 17.6 Å². The zero-order valence-corrected chi connectivity index (χ0v) is 10.9. The summed E-state index contributed by atoms with van der Waals surface area (Å²) in [4.78, 5) is 32.9. The van der Waals surface area contributed by atoms with Gasteiger partial charge in [0.1, 0.15) is 12.2 Å². The number of carboxylic acids is 1. The normalized spacial score (nSPS) is 12.3. The van der Waals surface area contributed by atoms with Gasteiger partial charge in [0.2, 0.25) is 5.69 Å². The van der Waals surface area contributed by atoms with Crippen LogP contribution in [0.5, 0.6) is 0 Å². The first kappa shape index (κ1) is 15.3. The first-order valence-electron chi connectivity index (χ1n) is 5.69. The monoisotopic (exact) mass is 282 g/mol. The third-order valence-electron chi connectivity index (χ3n) is 2.43. The summed E-state index contributed by atoms with van der Waals surface area (Å²) in [7, 11) is 1.43. The number of aromatic nitrogens is 2. The number of hydrogen-bond acceptors (Lipinski definition) is 5. The number of aryl methyl sites for hydroxylation is 1. The highest BCUT2D eigenvalue weighted by atomic mass is 16.6. The number of rotatable bonds is 6. The quantitative estimate of drug-likeness (QED) is 0.443. The molecule has 2 N–H and O–H groups in total. The molecule has 108 valence electrons. The minimum absolute atomic E-state index is 0.0816. The van der Waals surface area contributed by atoms with Crippen LogP contribution in [0.3, 0.4) is 0 Å². The van der Waals surface area contributed by atoms with E-state index >= 15 is 0 Å². The Labute approximate surface area is 114 Å². The number of allylic oxidation sites excluding steroid dienone is 1. The fourth-order valence-corrected chi connectivity index (χ4v) is 1.49. The molecule has 0 fully saturated rings. The molecule has 0 aliphatic carbocycles. The Balaban J connectivity index is 2.94. The molecule has 0 spiro atoms. The average Bonchev–Trinajstić information content (AvgIpc) is 2.76. The summed E-state index contributed by atoms with van der Waals surface area (Å²) in [6.07, 6.45) is 4.38. The van der Waals surface area contributed by atoms with Crippen LogP contribution in [-0.4, -0.2) is 37.7 Å². The second-order valence-electron chi connectivity index (χ2n) is 3.96. The van der Waals surface area contributed by atoms with Crippen molar-refractivity contribution in [3.05, 3.63) is 34.2 Å². The van der Waals surface area contributed by atoms with Crippen molar-refractivity contribution in [2.24, 2.45) is 7.05 Å². The fourth-order valence-electron chi connectivity index (χ4n) is 1.49. The lowest BCUT2D eigenvalue weighted by Gasteiger charge is -2.11. The summed E-state index contributed by atoms with van der Waals surface area (Å²) < 4.78 is 1.12. The molecule has 1 rings (SSSR count). The van der Waals surface area contributed by atoms with Gasteiger partial charge in [-0.1, -0.05) is 12.2 Å². The lowest BCUT2D eigenvalue weighted by molar-refractivity contribution is -0.385. The number of carbonyl (C=O) groups is 2. The highest BCUT2D eigenvalue weighted by molar-refractivity contribution is 5.98. The van der Waals surface area contributed by atoms with Gasteiger partial charge in [-0.05, 0) is 13.3 Å². The van der Waals surface area contributed by atoms with E-state index in [9.17, 15) is 19.7 Å².